The van der Waals surface area contributed by atoms with Crippen LogP contribution in [-0.2, 0) is 0 Å². The fourth-order valence-electron chi connectivity index (χ4n) is 5.65. The van der Waals surface area contributed by atoms with E-state index in [1.54, 1.807) is 11.1 Å². The summed E-state index contributed by atoms with van der Waals surface area (Å²) in [6, 6.07) is 0. The molecule has 1 aromatic carbocycles. The van der Waals surface area contributed by atoms with Crippen molar-refractivity contribution in [3.05, 3.63) is 39.8 Å². The Labute approximate surface area is 164 Å². The third-order valence-electron chi connectivity index (χ3n) is 7.25. The standard InChI is InChI=1S/C25H35NO/c1-8-14(4)25-26-23-17(7)21-18(11-13(2)3)12-16(6)19-10-9-15(5)20(22(19)21)24(23)27-25/h11,14-16,18-19H,8-10,12H2,1-7H3/t14-,15-,16-,18+,19?/m0/s1. The van der Waals surface area contributed by atoms with Crippen molar-refractivity contribution in [2.45, 2.75) is 97.8 Å². The van der Waals surface area contributed by atoms with Gasteiger partial charge in [-0.25, -0.2) is 4.98 Å². The summed E-state index contributed by atoms with van der Waals surface area (Å²) in [5.74, 6) is 3.81. The number of aryl methyl sites for hydroxylation is 1. The van der Waals surface area contributed by atoms with Gasteiger partial charge in [0, 0.05) is 17.4 Å². The SMILES string of the molecule is CC[C@H](C)c1nc2c(C)c3c4c(c2o1)[C@@H](C)CCC4[C@@H](C)C[C@H]3C=C(C)C. The van der Waals surface area contributed by atoms with E-state index in [0.717, 1.165) is 29.3 Å². The van der Waals surface area contributed by atoms with Gasteiger partial charge in [-0.2, -0.15) is 0 Å². The Hall–Kier alpha value is -1.57. The maximum atomic E-state index is 6.47. The van der Waals surface area contributed by atoms with Crippen LogP contribution in [0.5, 0.6) is 0 Å². The number of hydrogen-bond acceptors (Lipinski definition) is 2. The molecule has 0 radical (unpaired) electrons. The van der Waals surface area contributed by atoms with Gasteiger partial charge in [0.25, 0.3) is 0 Å². The lowest BCUT2D eigenvalue weighted by Crippen LogP contribution is -2.28. The molecule has 0 saturated carbocycles. The summed E-state index contributed by atoms with van der Waals surface area (Å²) in [5.41, 5.74) is 9.72. The van der Waals surface area contributed by atoms with Gasteiger partial charge in [-0.05, 0) is 80.9 Å². The number of allylic oxidation sites excluding steroid dienone is 2. The van der Waals surface area contributed by atoms with Crippen molar-refractivity contribution >= 4 is 11.1 Å². The van der Waals surface area contributed by atoms with Crippen LogP contribution in [0.4, 0.5) is 0 Å². The molecule has 0 fully saturated rings. The minimum Gasteiger partial charge on any atom is -0.440 e. The molecular weight excluding hydrogens is 330 g/mol. The molecule has 0 bridgehead atoms. The molecule has 0 aliphatic heterocycles. The van der Waals surface area contributed by atoms with E-state index in [-0.39, 0.29) is 0 Å². The summed E-state index contributed by atoms with van der Waals surface area (Å²) in [4.78, 5) is 5.03. The highest BCUT2D eigenvalue weighted by atomic mass is 16.3. The predicted octanol–water partition coefficient (Wildman–Crippen LogP) is 7.72. The Morgan fingerprint density at radius 2 is 1.93 bits per heavy atom. The second-order valence-corrected chi connectivity index (χ2v) is 9.55. The largest absolute Gasteiger partial charge is 0.440 e. The van der Waals surface area contributed by atoms with Crippen LogP contribution in [0.25, 0.3) is 11.1 Å². The first-order chi connectivity index (χ1) is 12.8. The number of nitrogens with zero attached hydrogens (tertiary/aromatic N) is 1. The van der Waals surface area contributed by atoms with Crippen molar-refractivity contribution < 1.29 is 4.42 Å². The van der Waals surface area contributed by atoms with Crippen LogP contribution >= 0.6 is 0 Å². The molecule has 2 nitrogen and oxygen atoms in total. The maximum absolute atomic E-state index is 6.47. The molecule has 2 aromatic rings. The van der Waals surface area contributed by atoms with Gasteiger partial charge in [0.15, 0.2) is 11.5 Å². The lowest BCUT2D eigenvalue weighted by Gasteiger charge is -2.42. The van der Waals surface area contributed by atoms with E-state index in [1.807, 2.05) is 0 Å². The van der Waals surface area contributed by atoms with Crippen molar-refractivity contribution in [2.24, 2.45) is 5.92 Å². The highest BCUT2D eigenvalue weighted by molar-refractivity contribution is 5.85. The molecule has 0 spiro atoms. The van der Waals surface area contributed by atoms with E-state index in [4.69, 9.17) is 9.40 Å². The molecule has 2 aliphatic carbocycles. The lowest BCUT2D eigenvalue weighted by atomic mass is 9.62. The summed E-state index contributed by atoms with van der Waals surface area (Å²) in [6.45, 7) is 16.1. The maximum Gasteiger partial charge on any atom is 0.198 e. The smallest absolute Gasteiger partial charge is 0.198 e. The molecule has 2 aliphatic rings. The molecule has 0 N–H and O–H groups in total. The summed E-state index contributed by atoms with van der Waals surface area (Å²) in [7, 11) is 0. The summed E-state index contributed by atoms with van der Waals surface area (Å²) < 4.78 is 6.47. The summed E-state index contributed by atoms with van der Waals surface area (Å²) in [5, 5.41) is 0. The quantitative estimate of drug-likeness (QED) is 0.520. The van der Waals surface area contributed by atoms with Crippen LogP contribution in [0.2, 0.25) is 0 Å². The second-order valence-electron chi connectivity index (χ2n) is 9.55. The van der Waals surface area contributed by atoms with Crippen LogP contribution in [0, 0.1) is 12.8 Å². The zero-order chi connectivity index (χ0) is 19.5. The number of hydrogen-bond donors (Lipinski definition) is 0. The Morgan fingerprint density at radius 1 is 1.19 bits per heavy atom. The zero-order valence-electron chi connectivity index (χ0n) is 18.1. The molecule has 1 unspecified atom stereocenters. The molecule has 146 valence electrons. The summed E-state index contributed by atoms with van der Waals surface area (Å²) in [6.07, 6.45) is 7.42. The minimum absolute atomic E-state index is 0.378. The van der Waals surface area contributed by atoms with Gasteiger partial charge >= 0.3 is 0 Å². The number of oxazole rings is 1. The first-order valence-electron chi connectivity index (χ1n) is 10.9. The van der Waals surface area contributed by atoms with E-state index < -0.39 is 0 Å². The van der Waals surface area contributed by atoms with Crippen molar-refractivity contribution in [1.82, 2.24) is 4.98 Å². The average molecular weight is 366 g/mol. The van der Waals surface area contributed by atoms with E-state index >= 15 is 0 Å². The molecular formula is C25H35NO. The van der Waals surface area contributed by atoms with E-state index in [9.17, 15) is 0 Å². The van der Waals surface area contributed by atoms with Gasteiger partial charge < -0.3 is 4.42 Å². The Kier molecular flexibility index (Phi) is 4.72. The van der Waals surface area contributed by atoms with Gasteiger partial charge in [0.1, 0.15) is 5.52 Å². The number of aromatic nitrogens is 1. The predicted molar refractivity (Wildman–Crippen MR) is 114 cm³/mol. The molecule has 0 amide bonds. The monoisotopic (exact) mass is 365 g/mol. The van der Waals surface area contributed by atoms with Gasteiger partial charge in [0.05, 0.1) is 0 Å². The van der Waals surface area contributed by atoms with Crippen molar-refractivity contribution in [3.8, 4) is 0 Å². The average Bonchev–Trinajstić information content (AvgIpc) is 3.05. The number of rotatable bonds is 3. The third kappa shape index (κ3) is 2.87. The highest BCUT2D eigenvalue weighted by Gasteiger charge is 2.40. The molecule has 4 rings (SSSR count). The molecule has 1 heterocycles. The van der Waals surface area contributed by atoms with E-state index in [0.29, 0.717) is 23.7 Å². The first kappa shape index (κ1) is 18.8. The number of fused-ring (bicyclic) bond motifs is 2. The number of benzene rings is 1. The lowest BCUT2D eigenvalue weighted by molar-refractivity contribution is 0.332. The third-order valence-corrected chi connectivity index (χ3v) is 7.25. The van der Waals surface area contributed by atoms with E-state index in [1.165, 1.54) is 36.0 Å². The molecule has 27 heavy (non-hydrogen) atoms. The summed E-state index contributed by atoms with van der Waals surface area (Å²) >= 11 is 0. The topological polar surface area (TPSA) is 26.0 Å². The van der Waals surface area contributed by atoms with Crippen LogP contribution < -0.4 is 0 Å². The van der Waals surface area contributed by atoms with Crippen LogP contribution in [-0.4, -0.2) is 4.98 Å². The highest BCUT2D eigenvalue weighted by Crippen LogP contribution is 2.55. The van der Waals surface area contributed by atoms with Gasteiger partial charge in [-0.15, -0.1) is 0 Å². The zero-order valence-corrected chi connectivity index (χ0v) is 18.1. The first-order valence-corrected chi connectivity index (χ1v) is 10.9. The van der Waals surface area contributed by atoms with Crippen molar-refractivity contribution in [1.29, 1.82) is 0 Å². The molecule has 2 heteroatoms. The van der Waals surface area contributed by atoms with Crippen LogP contribution in [0.3, 0.4) is 0 Å². The molecule has 1 aromatic heterocycles. The minimum atomic E-state index is 0.378. The molecule has 5 atom stereocenters. The van der Waals surface area contributed by atoms with Gasteiger partial charge in [0.2, 0.25) is 0 Å². The Morgan fingerprint density at radius 3 is 2.59 bits per heavy atom. The van der Waals surface area contributed by atoms with Crippen LogP contribution in [0.1, 0.15) is 119 Å². The van der Waals surface area contributed by atoms with Crippen molar-refractivity contribution in [3.63, 3.8) is 0 Å². The van der Waals surface area contributed by atoms with Gasteiger partial charge in [-0.3, -0.25) is 0 Å². The fraction of sp³-hybridized carbons (Fsp3) is 0.640. The fourth-order valence-corrected chi connectivity index (χ4v) is 5.65. The molecule has 0 saturated heterocycles. The Balaban J connectivity index is 2.07. The van der Waals surface area contributed by atoms with Crippen LogP contribution in [0.15, 0.2) is 16.1 Å². The van der Waals surface area contributed by atoms with Gasteiger partial charge in [-0.1, -0.05) is 39.3 Å². The Bertz CT molecular complexity index is 899. The normalized spacial score (nSPS) is 28.1. The van der Waals surface area contributed by atoms with Crippen molar-refractivity contribution in [2.75, 3.05) is 0 Å². The van der Waals surface area contributed by atoms with E-state index in [2.05, 4.69) is 54.5 Å². The second kappa shape index (κ2) is 6.79.